The summed E-state index contributed by atoms with van der Waals surface area (Å²) in [4.78, 5) is 12.5. The summed E-state index contributed by atoms with van der Waals surface area (Å²) in [6.07, 6.45) is 1.94. The van der Waals surface area contributed by atoms with Crippen LogP contribution in [0.4, 0.5) is 0 Å². The van der Waals surface area contributed by atoms with Gasteiger partial charge in [-0.05, 0) is 31.4 Å². The van der Waals surface area contributed by atoms with Crippen molar-refractivity contribution in [3.05, 3.63) is 16.0 Å². The third kappa shape index (κ3) is 3.03. The molecule has 0 bridgehead atoms. The van der Waals surface area contributed by atoms with Crippen LogP contribution in [0, 0.1) is 0 Å². The first-order valence-electron chi connectivity index (χ1n) is 7.56. The van der Waals surface area contributed by atoms with Gasteiger partial charge >= 0.3 is 5.97 Å². The van der Waals surface area contributed by atoms with E-state index < -0.39 is 16.0 Å². The molecule has 0 saturated carbocycles. The molecule has 0 aliphatic carbocycles. The molecule has 1 aromatic heterocycles. The summed E-state index contributed by atoms with van der Waals surface area (Å²) in [7, 11) is -2.24. The number of carbonyl (C=O) groups is 1. The molecule has 2 N–H and O–H groups in total. The molecule has 2 aliphatic rings. The number of nitrogens with zero attached hydrogens (tertiary/aromatic N) is 1. The minimum Gasteiger partial charge on any atom is -0.478 e. The normalized spacial score (nSPS) is 22.7. The lowest BCUT2D eigenvalue weighted by Crippen LogP contribution is -2.42. The Morgan fingerprint density at radius 2 is 2.26 bits per heavy atom. The van der Waals surface area contributed by atoms with Gasteiger partial charge in [0.1, 0.15) is 4.21 Å². The number of ether oxygens (including phenoxy) is 1. The number of hydrogen-bond donors (Lipinski definition) is 2. The molecule has 9 heteroatoms. The van der Waals surface area contributed by atoms with Gasteiger partial charge in [-0.15, -0.1) is 11.3 Å². The second-order valence-electron chi connectivity index (χ2n) is 5.76. The summed E-state index contributed by atoms with van der Waals surface area (Å²) < 4.78 is 32.6. The number of carboxylic acids is 1. The largest absolute Gasteiger partial charge is 0.478 e. The molecule has 1 atom stereocenters. The Morgan fingerprint density at radius 3 is 2.96 bits per heavy atom. The maximum absolute atomic E-state index is 13.0. The fourth-order valence-corrected chi connectivity index (χ4v) is 6.65. The minimum atomic E-state index is -3.81. The van der Waals surface area contributed by atoms with Crippen molar-refractivity contribution in [2.75, 3.05) is 26.7 Å². The third-order valence-electron chi connectivity index (χ3n) is 4.36. The second-order valence-corrected chi connectivity index (χ2v) is 9.00. The van der Waals surface area contributed by atoms with E-state index in [9.17, 15) is 18.3 Å². The molecule has 1 saturated heterocycles. The highest BCUT2D eigenvalue weighted by Gasteiger charge is 2.37. The lowest BCUT2D eigenvalue weighted by Gasteiger charge is -2.30. The molecule has 3 heterocycles. The van der Waals surface area contributed by atoms with Crippen LogP contribution >= 0.6 is 11.3 Å². The Kier molecular flexibility index (Phi) is 4.75. The molecule has 3 rings (SSSR count). The molecule has 1 aromatic rings. The molecular formula is C14H20N2O5S2. The Balaban J connectivity index is 2.03. The molecule has 0 spiro atoms. The summed E-state index contributed by atoms with van der Waals surface area (Å²) >= 11 is 1.09. The highest BCUT2D eigenvalue weighted by atomic mass is 32.2. The van der Waals surface area contributed by atoms with E-state index >= 15 is 0 Å². The highest BCUT2D eigenvalue weighted by Crippen LogP contribution is 2.36. The molecule has 7 nitrogen and oxygen atoms in total. The zero-order chi connectivity index (χ0) is 16.6. The van der Waals surface area contributed by atoms with Crippen LogP contribution in [0.3, 0.4) is 0 Å². The molecule has 0 unspecified atom stereocenters. The smallest absolute Gasteiger partial charge is 0.338 e. The summed E-state index contributed by atoms with van der Waals surface area (Å²) in [5.74, 6) is -1.16. The topological polar surface area (TPSA) is 95.9 Å². The Morgan fingerprint density at radius 1 is 1.48 bits per heavy atom. The van der Waals surface area contributed by atoms with E-state index in [1.807, 2.05) is 0 Å². The van der Waals surface area contributed by atoms with Crippen LogP contribution in [-0.4, -0.2) is 56.6 Å². The van der Waals surface area contributed by atoms with Gasteiger partial charge in [0.25, 0.3) is 10.0 Å². The van der Waals surface area contributed by atoms with E-state index in [0.29, 0.717) is 38.0 Å². The van der Waals surface area contributed by atoms with Crippen LogP contribution in [0.5, 0.6) is 0 Å². The zero-order valence-corrected chi connectivity index (χ0v) is 14.5. The fraction of sp³-hybridized carbons (Fsp3) is 0.643. The van der Waals surface area contributed by atoms with Gasteiger partial charge in [0.2, 0.25) is 0 Å². The van der Waals surface area contributed by atoms with Crippen LogP contribution in [0.25, 0.3) is 0 Å². The number of hydrogen-bond acceptors (Lipinski definition) is 6. The van der Waals surface area contributed by atoms with Crippen molar-refractivity contribution in [1.29, 1.82) is 0 Å². The van der Waals surface area contributed by atoms with Crippen LogP contribution in [0.15, 0.2) is 4.21 Å². The molecule has 128 valence electrons. The van der Waals surface area contributed by atoms with Crippen molar-refractivity contribution < 1.29 is 23.1 Å². The van der Waals surface area contributed by atoms with Gasteiger partial charge in [-0.25, -0.2) is 13.2 Å². The first-order valence-corrected chi connectivity index (χ1v) is 9.82. The molecule has 23 heavy (non-hydrogen) atoms. The van der Waals surface area contributed by atoms with Gasteiger partial charge < -0.3 is 15.2 Å². The summed E-state index contributed by atoms with van der Waals surface area (Å²) in [6, 6.07) is 0. The SMILES string of the molecule is CO[C@H]1CCCN(S(=O)(=O)c2sc3c(c2C(=O)O)CCNC3)C1. The maximum Gasteiger partial charge on any atom is 0.338 e. The number of fused-ring (bicyclic) bond motifs is 1. The van der Waals surface area contributed by atoms with Crippen molar-refractivity contribution in [3.8, 4) is 0 Å². The van der Waals surface area contributed by atoms with Gasteiger partial charge in [-0.2, -0.15) is 4.31 Å². The lowest BCUT2D eigenvalue weighted by molar-refractivity contribution is 0.0571. The van der Waals surface area contributed by atoms with E-state index in [-0.39, 0.29) is 22.4 Å². The first kappa shape index (κ1) is 16.8. The van der Waals surface area contributed by atoms with Gasteiger partial charge in [0, 0.05) is 31.6 Å². The molecule has 0 amide bonds. The van der Waals surface area contributed by atoms with Crippen molar-refractivity contribution in [3.63, 3.8) is 0 Å². The monoisotopic (exact) mass is 360 g/mol. The van der Waals surface area contributed by atoms with E-state index in [0.717, 1.165) is 22.6 Å². The number of aromatic carboxylic acids is 1. The van der Waals surface area contributed by atoms with E-state index in [4.69, 9.17) is 4.74 Å². The van der Waals surface area contributed by atoms with E-state index in [2.05, 4.69) is 5.32 Å². The van der Waals surface area contributed by atoms with Crippen LogP contribution < -0.4 is 5.32 Å². The van der Waals surface area contributed by atoms with Gasteiger partial charge in [0.15, 0.2) is 0 Å². The number of piperidine rings is 1. The number of rotatable bonds is 4. The van der Waals surface area contributed by atoms with Crippen molar-refractivity contribution in [2.45, 2.75) is 36.1 Å². The average Bonchev–Trinajstić information content (AvgIpc) is 2.95. The van der Waals surface area contributed by atoms with Crippen LogP contribution in [0.1, 0.15) is 33.6 Å². The third-order valence-corrected chi connectivity index (χ3v) is 7.95. The number of methoxy groups -OCH3 is 1. The van der Waals surface area contributed by atoms with Crippen LogP contribution in [-0.2, 0) is 27.7 Å². The van der Waals surface area contributed by atoms with Crippen molar-refractivity contribution in [2.24, 2.45) is 0 Å². The number of thiophene rings is 1. The van der Waals surface area contributed by atoms with Crippen molar-refractivity contribution >= 4 is 27.3 Å². The molecule has 0 aromatic carbocycles. The Bertz CT molecular complexity index is 713. The number of sulfonamides is 1. The molecule has 1 fully saturated rings. The van der Waals surface area contributed by atoms with Gasteiger partial charge in [-0.3, -0.25) is 0 Å². The maximum atomic E-state index is 13.0. The number of carboxylic acid groups (broad SMARTS) is 1. The molecule has 0 radical (unpaired) electrons. The Labute approximate surface area is 139 Å². The predicted molar refractivity (Wildman–Crippen MR) is 85.5 cm³/mol. The number of nitrogens with one attached hydrogen (secondary N) is 1. The first-order chi connectivity index (χ1) is 10.9. The van der Waals surface area contributed by atoms with Gasteiger partial charge in [-0.1, -0.05) is 0 Å². The second kappa shape index (κ2) is 6.48. The van der Waals surface area contributed by atoms with Crippen LogP contribution in [0.2, 0.25) is 0 Å². The quantitative estimate of drug-likeness (QED) is 0.828. The van der Waals surface area contributed by atoms with Crippen molar-refractivity contribution in [1.82, 2.24) is 9.62 Å². The summed E-state index contributed by atoms with van der Waals surface area (Å²) in [5, 5.41) is 12.7. The minimum absolute atomic E-state index is 0.0320. The Hall–Kier alpha value is -1.00. The lowest BCUT2D eigenvalue weighted by atomic mass is 10.1. The summed E-state index contributed by atoms with van der Waals surface area (Å²) in [6.45, 7) is 1.87. The van der Waals surface area contributed by atoms with E-state index in [1.165, 1.54) is 4.31 Å². The van der Waals surface area contributed by atoms with E-state index in [1.54, 1.807) is 7.11 Å². The zero-order valence-electron chi connectivity index (χ0n) is 12.9. The summed E-state index contributed by atoms with van der Waals surface area (Å²) in [5.41, 5.74) is 0.631. The molecule has 2 aliphatic heterocycles. The van der Waals surface area contributed by atoms with Gasteiger partial charge in [0.05, 0.1) is 11.7 Å². The molecular weight excluding hydrogens is 340 g/mol. The average molecular weight is 360 g/mol. The highest BCUT2D eigenvalue weighted by molar-refractivity contribution is 7.91. The standard InChI is InChI=1S/C14H20N2O5S2/c1-21-9-3-2-6-16(8-9)23(19,20)14-12(13(17)18)10-4-5-15-7-11(10)22-14/h9,15H,2-8H2,1H3,(H,17,18)/t9-/m0/s1. The fourth-order valence-electron chi connectivity index (χ4n) is 3.14. The predicted octanol–water partition coefficient (Wildman–Crippen LogP) is 0.892.